The van der Waals surface area contributed by atoms with Gasteiger partial charge in [0.15, 0.2) is 0 Å². The summed E-state index contributed by atoms with van der Waals surface area (Å²) in [5.41, 5.74) is 0. The molecule has 1 saturated heterocycles. The highest BCUT2D eigenvalue weighted by molar-refractivity contribution is 7.88. The molecule has 1 amide bonds. The van der Waals surface area contributed by atoms with Gasteiger partial charge in [0, 0.05) is 37.4 Å². The van der Waals surface area contributed by atoms with Crippen LogP contribution >= 0.6 is 0 Å². The van der Waals surface area contributed by atoms with Gasteiger partial charge in [0.2, 0.25) is 15.9 Å². The summed E-state index contributed by atoms with van der Waals surface area (Å²) in [6.45, 7) is 3.40. The third-order valence-corrected chi connectivity index (χ3v) is 5.01. The van der Waals surface area contributed by atoms with Gasteiger partial charge in [0.25, 0.3) is 0 Å². The van der Waals surface area contributed by atoms with Crippen molar-refractivity contribution in [2.24, 2.45) is 5.92 Å². The molecule has 7 nitrogen and oxygen atoms in total. The Morgan fingerprint density at radius 2 is 2.10 bits per heavy atom. The second-order valence-electron chi connectivity index (χ2n) is 5.57. The summed E-state index contributed by atoms with van der Waals surface area (Å²) >= 11 is 0. The van der Waals surface area contributed by atoms with Gasteiger partial charge in [-0.05, 0) is 25.8 Å². The molecular weight excluding hydrogens is 292 g/mol. The fourth-order valence-corrected chi connectivity index (χ4v) is 3.42. The number of carbonyl (C=O) groups is 1. The number of sulfonamides is 1. The van der Waals surface area contributed by atoms with E-state index in [2.05, 4.69) is 10.4 Å². The Hall–Kier alpha value is -1.41. The maximum absolute atomic E-state index is 12.2. The van der Waals surface area contributed by atoms with Crippen LogP contribution in [0.1, 0.15) is 19.8 Å². The number of nitrogens with one attached hydrogen (secondary N) is 1. The standard InChI is InChI=1S/C13H22N4O3S/c1-11(10-16-7-3-6-14-16)15-13(18)12-4-8-17(9-5-12)21(2,19)20/h3,6-7,11-12H,4-5,8-10H2,1-2H3,(H,15,18)/t11-/m1/s1. The first-order valence-corrected chi connectivity index (χ1v) is 8.94. The average Bonchev–Trinajstić information content (AvgIpc) is 2.90. The Kier molecular flexibility index (Phi) is 5.00. The van der Waals surface area contributed by atoms with E-state index in [1.54, 1.807) is 10.9 Å². The van der Waals surface area contributed by atoms with Crippen molar-refractivity contribution < 1.29 is 13.2 Å². The number of piperidine rings is 1. The van der Waals surface area contributed by atoms with Crippen molar-refractivity contribution in [1.29, 1.82) is 0 Å². The lowest BCUT2D eigenvalue weighted by Crippen LogP contribution is -2.45. The van der Waals surface area contributed by atoms with E-state index in [0.717, 1.165) is 0 Å². The van der Waals surface area contributed by atoms with Crippen molar-refractivity contribution in [2.75, 3.05) is 19.3 Å². The van der Waals surface area contributed by atoms with Crippen LogP contribution in [-0.2, 0) is 21.4 Å². The summed E-state index contributed by atoms with van der Waals surface area (Å²) in [4.78, 5) is 12.2. The summed E-state index contributed by atoms with van der Waals surface area (Å²) in [6, 6.07) is 1.83. The SMILES string of the molecule is C[C@H](Cn1cccn1)NC(=O)C1CCN(S(C)(=O)=O)CC1. The molecule has 1 atom stereocenters. The highest BCUT2D eigenvalue weighted by Gasteiger charge is 2.29. The van der Waals surface area contributed by atoms with Crippen LogP contribution in [0.3, 0.4) is 0 Å². The average molecular weight is 314 g/mol. The molecule has 1 aromatic heterocycles. The topological polar surface area (TPSA) is 84.3 Å². The normalized spacial score (nSPS) is 19.3. The van der Waals surface area contributed by atoms with Gasteiger partial charge in [-0.15, -0.1) is 0 Å². The van der Waals surface area contributed by atoms with Crippen molar-refractivity contribution in [3.05, 3.63) is 18.5 Å². The first-order valence-electron chi connectivity index (χ1n) is 7.09. The Bertz CT molecular complexity index is 562. The molecule has 2 rings (SSSR count). The molecule has 0 radical (unpaired) electrons. The number of hydrogen-bond donors (Lipinski definition) is 1. The minimum atomic E-state index is -3.14. The van der Waals surface area contributed by atoms with Crippen molar-refractivity contribution in [3.63, 3.8) is 0 Å². The summed E-state index contributed by atoms with van der Waals surface area (Å²) in [6.07, 6.45) is 5.92. The van der Waals surface area contributed by atoms with Gasteiger partial charge in [-0.25, -0.2) is 12.7 Å². The van der Waals surface area contributed by atoms with Gasteiger partial charge in [0.1, 0.15) is 0 Å². The lowest BCUT2D eigenvalue weighted by atomic mass is 9.97. The Morgan fingerprint density at radius 1 is 1.43 bits per heavy atom. The van der Waals surface area contributed by atoms with E-state index < -0.39 is 10.0 Å². The van der Waals surface area contributed by atoms with E-state index >= 15 is 0 Å². The molecule has 1 N–H and O–H groups in total. The number of aromatic nitrogens is 2. The van der Waals surface area contributed by atoms with E-state index in [1.807, 2.05) is 19.2 Å². The van der Waals surface area contributed by atoms with Gasteiger partial charge in [-0.1, -0.05) is 0 Å². The van der Waals surface area contributed by atoms with Gasteiger partial charge < -0.3 is 5.32 Å². The zero-order valence-corrected chi connectivity index (χ0v) is 13.2. The van der Waals surface area contributed by atoms with Crippen molar-refractivity contribution in [1.82, 2.24) is 19.4 Å². The van der Waals surface area contributed by atoms with Crippen LogP contribution in [0.15, 0.2) is 18.5 Å². The lowest BCUT2D eigenvalue weighted by Gasteiger charge is -2.30. The molecule has 0 spiro atoms. The summed E-state index contributed by atoms with van der Waals surface area (Å²) in [5.74, 6) is -0.106. The number of nitrogens with zero attached hydrogens (tertiary/aromatic N) is 3. The largest absolute Gasteiger partial charge is 0.352 e. The van der Waals surface area contributed by atoms with Gasteiger partial charge in [-0.2, -0.15) is 5.10 Å². The number of amides is 1. The fraction of sp³-hybridized carbons (Fsp3) is 0.692. The van der Waals surface area contributed by atoms with E-state index in [1.165, 1.54) is 10.6 Å². The fourth-order valence-electron chi connectivity index (χ4n) is 2.55. The highest BCUT2D eigenvalue weighted by atomic mass is 32.2. The minimum absolute atomic E-state index is 0.00260. The van der Waals surface area contributed by atoms with Crippen LogP contribution in [-0.4, -0.2) is 53.8 Å². The number of hydrogen-bond acceptors (Lipinski definition) is 4. The maximum Gasteiger partial charge on any atom is 0.223 e. The van der Waals surface area contributed by atoms with Crippen LogP contribution in [0, 0.1) is 5.92 Å². The Labute approximate surface area is 125 Å². The zero-order valence-electron chi connectivity index (χ0n) is 12.4. The lowest BCUT2D eigenvalue weighted by molar-refractivity contribution is -0.126. The van der Waals surface area contributed by atoms with Crippen LogP contribution in [0.5, 0.6) is 0 Å². The van der Waals surface area contributed by atoms with Gasteiger partial charge >= 0.3 is 0 Å². The zero-order chi connectivity index (χ0) is 15.5. The second-order valence-corrected chi connectivity index (χ2v) is 7.56. The first-order chi connectivity index (χ1) is 9.86. The van der Waals surface area contributed by atoms with E-state index in [-0.39, 0.29) is 17.9 Å². The van der Waals surface area contributed by atoms with E-state index in [9.17, 15) is 13.2 Å². The van der Waals surface area contributed by atoms with Crippen LogP contribution in [0.25, 0.3) is 0 Å². The van der Waals surface area contributed by atoms with Crippen LogP contribution in [0.2, 0.25) is 0 Å². The molecule has 1 fully saturated rings. The molecular formula is C13H22N4O3S. The van der Waals surface area contributed by atoms with Crippen LogP contribution < -0.4 is 5.32 Å². The quantitative estimate of drug-likeness (QED) is 0.833. The van der Waals surface area contributed by atoms with Gasteiger partial charge in [-0.3, -0.25) is 9.48 Å². The maximum atomic E-state index is 12.2. The Balaban J connectivity index is 1.79. The molecule has 8 heteroatoms. The van der Waals surface area contributed by atoms with E-state index in [0.29, 0.717) is 32.5 Å². The molecule has 1 aliphatic heterocycles. The summed E-state index contributed by atoms with van der Waals surface area (Å²) in [5, 5.41) is 7.08. The molecule has 1 aromatic rings. The third kappa shape index (κ3) is 4.53. The Morgan fingerprint density at radius 3 is 2.62 bits per heavy atom. The van der Waals surface area contributed by atoms with Gasteiger partial charge in [0.05, 0.1) is 12.8 Å². The van der Waals surface area contributed by atoms with Crippen LogP contribution in [0.4, 0.5) is 0 Å². The number of carbonyl (C=O) groups excluding carboxylic acids is 1. The smallest absolute Gasteiger partial charge is 0.223 e. The first kappa shape index (κ1) is 16.0. The van der Waals surface area contributed by atoms with E-state index in [4.69, 9.17) is 0 Å². The second kappa shape index (κ2) is 6.57. The summed E-state index contributed by atoms with van der Waals surface area (Å²) in [7, 11) is -3.14. The predicted molar refractivity (Wildman–Crippen MR) is 79.0 cm³/mol. The molecule has 1 aliphatic rings. The molecule has 21 heavy (non-hydrogen) atoms. The molecule has 0 saturated carbocycles. The predicted octanol–water partition coefficient (Wildman–Crippen LogP) is 0.0594. The monoisotopic (exact) mass is 314 g/mol. The molecule has 118 valence electrons. The molecule has 2 heterocycles. The highest BCUT2D eigenvalue weighted by Crippen LogP contribution is 2.19. The minimum Gasteiger partial charge on any atom is -0.352 e. The number of rotatable bonds is 5. The summed E-state index contributed by atoms with van der Waals surface area (Å²) < 4.78 is 26.1. The van der Waals surface area contributed by atoms with Crippen molar-refractivity contribution in [3.8, 4) is 0 Å². The van der Waals surface area contributed by atoms with Crippen molar-refractivity contribution >= 4 is 15.9 Å². The molecule has 0 bridgehead atoms. The molecule has 0 aliphatic carbocycles. The molecule has 0 unspecified atom stereocenters. The molecule has 0 aromatic carbocycles. The third-order valence-electron chi connectivity index (χ3n) is 3.70. The van der Waals surface area contributed by atoms with Crippen molar-refractivity contribution in [2.45, 2.75) is 32.4 Å².